The highest BCUT2D eigenvalue weighted by molar-refractivity contribution is 9.09. The number of hydrogen-bond acceptors (Lipinski definition) is 3. The monoisotopic (exact) mass is 294 g/mol. The number of hydrogen-bond donors (Lipinski definition) is 0. The van der Waals surface area contributed by atoms with Crippen molar-refractivity contribution in [3.05, 3.63) is 0 Å². The third-order valence-electron chi connectivity index (χ3n) is 3.00. The molecule has 1 aliphatic rings. The minimum absolute atomic E-state index is 0.659. The summed E-state index contributed by atoms with van der Waals surface area (Å²) < 4.78 is 15.7. The first kappa shape index (κ1) is 14.4. The molecule has 1 aliphatic carbocycles. The molecular formula is C12H23BrO3. The van der Waals surface area contributed by atoms with Gasteiger partial charge in [-0.3, -0.25) is 0 Å². The van der Waals surface area contributed by atoms with Crippen LogP contribution in [-0.2, 0) is 14.2 Å². The van der Waals surface area contributed by atoms with Gasteiger partial charge in [-0.25, -0.2) is 0 Å². The van der Waals surface area contributed by atoms with E-state index >= 15 is 0 Å². The predicted octanol–water partition coefficient (Wildman–Crippen LogP) is 2.62. The van der Waals surface area contributed by atoms with E-state index in [0.717, 1.165) is 12.5 Å². The Balaban J connectivity index is 1.81. The van der Waals surface area contributed by atoms with E-state index in [1.165, 1.54) is 25.7 Å². The quantitative estimate of drug-likeness (QED) is 0.483. The minimum atomic E-state index is 0.659. The summed E-state index contributed by atoms with van der Waals surface area (Å²) in [5.41, 5.74) is 0. The van der Waals surface area contributed by atoms with Gasteiger partial charge in [-0.2, -0.15) is 0 Å². The van der Waals surface area contributed by atoms with Crippen LogP contribution in [0.3, 0.4) is 0 Å². The normalized spacial score (nSPS) is 25.1. The molecule has 0 spiro atoms. The van der Waals surface area contributed by atoms with Crippen LogP contribution >= 0.6 is 15.9 Å². The van der Waals surface area contributed by atoms with E-state index in [1.54, 1.807) is 7.11 Å². The predicted molar refractivity (Wildman–Crippen MR) is 68.2 cm³/mol. The van der Waals surface area contributed by atoms with Crippen LogP contribution in [-0.4, -0.2) is 45.0 Å². The Morgan fingerprint density at radius 1 is 1.00 bits per heavy atom. The van der Waals surface area contributed by atoms with Crippen molar-refractivity contribution in [1.29, 1.82) is 0 Å². The summed E-state index contributed by atoms with van der Waals surface area (Å²) in [6, 6.07) is 0. The lowest BCUT2D eigenvalue weighted by Crippen LogP contribution is -2.12. The van der Waals surface area contributed by atoms with Gasteiger partial charge in [0.25, 0.3) is 0 Å². The van der Waals surface area contributed by atoms with Crippen LogP contribution in [0.25, 0.3) is 0 Å². The molecule has 2 atom stereocenters. The molecule has 0 aromatic heterocycles. The van der Waals surface area contributed by atoms with Crippen molar-refractivity contribution < 1.29 is 14.2 Å². The maximum absolute atomic E-state index is 5.54. The van der Waals surface area contributed by atoms with E-state index < -0.39 is 0 Å². The Hall–Kier alpha value is 0.360. The number of ether oxygens (including phenoxy) is 3. The van der Waals surface area contributed by atoms with Crippen molar-refractivity contribution in [2.75, 3.05) is 40.1 Å². The van der Waals surface area contributed by atoms with Gasteiger partial charge in [-0.05, 0) is 25.2 Å². The minimum Gasteiger partial charge on any atom is -0.382 e. The summed E-state index contributed by atoms with van der Waals surface area (Å²) in [6.45, 7) is 3.55. The van der Waals surface area contributed by atoms with Crippen molar-refractivity contribution in [2.24, 2.45) is 5.92 Å². The molecule has 4 heteroatoms. The van der Waals surface area contributed by atoms with E-state index in [9.17, 15) is 0 Å². The molecule has 0 amide bonds. The third kappa shape index (κ3) is 6.18. The first-order chi connectivity index (χ1) is 7.84. The molecule has 2 unspecified atom stereocenters. The molecule has 1 fully saturated rings. The second kappa shape index (κ2) is 9.40. The molecule has 96 valence electrons. The Morgan fingerprint density at radius 3 is 2.31 bits per heavy atom. The average Bonchev–Trinajstić information content (AvgIpc) is 2.68. The molecule has 0 aromatic rings. The highest BCUT2D eigenvalue weighted by atomic mass is 79.9. The van der Waals surface area contributed by atoms with Crippen molar-refractivity contribution in [3.63, 3.8) is 0 Å². The maximum atomic E-state index is 5.54. The van der Waals surface area contributed by atoms with Crippen molar-refractivity contribution >= 4 is 15.9 Å². The van der Waals surface area contributed by atoms with E-state index in [2.05, 4.69) is 15.9 Å². The average molecular weight is 295 g/mol. The third-order valence-corrected chi connectivity index (χ3v) is 4.21. The van der Waals surface area contributed by atoms with Gasteiger partial charge in [0.05, 0.1) is 26.4 Å². The van der Waals surface area contributed by atoms with Gasteiger partial charge in [0.15, 0.2) is 0 Å². The molecule has 0 aliphatic heterocycles. The van der Waals surface area contributed by atoms with E-state index in [0.29, 0.717) is 31.3 Å². The fraction of sp³-hybridized carbons (Fsp3) is 1.00. The van der Waals surface area contributed by atoms with Crippen LogP contribution in [0.5, 0.6) is 0 Å². The standard InChI is InChI=1S/C12H23BrO3/c1-14-7-8-16-10-9-15-6-5-11-3-2-4-12(11)13/h11-12H,2-10H2,1H3. The van der Waals surface area contributed by atoms with Crippen molar-refractivity contribution in [2.45, 2.75) is 30.5 Å². The Kier molecular flexibility index (Phi) is 8.47. The molecule has 0 N–H and O–H groups in total. The van der Waals surface area contributed by atoms with Gasteiger partial charge in [0.2, 0.25) is 0 Å². The molecule has 0 radical (unpaired) electrons. The van der Waals surface area contributed by atoms with Gasteiger partial charge in [-0.15, -0.1) is 0 Å². The second-order valence-corrected chi connectivity index (χ2v) is 5.39. The largest absolute Gasteiger partial charge is 0.382 e. The first-order valence-corrected chi connectivity index (χ1v) is 7.04. The summed E-state index contributed by atoms with van der Waals surface area (Å²) in [5, 5.41) is 0. The van der Waals surface area contributed by atoms with Gasteiger partial charge in [0.1, 0.15) is 0 Å². The van der Waals surface area contributed by atoms with Gasteiger partial charge in [-0.1, -0.05) is 22.4 Å². The van der Waals surface area contributed by atoms with Crippen LogP contribution in [0.15, 0.2) is 0 Å². The summed E-state index contributed by atoms with van der Waals surface area (Å²) in [7, 11) is 1.68. The van der Waals surface area contributed by atoms with Crippen LogP contribution in [0.4, 0.5) is 0 Å². The number of alkyl halides is 1. The van der Waals surface area contributed by atoms with Crippen LogP contribution in [0.2, 0.25) is 0 Å². The molecule has 1 saturated carbocycles. The highest BCUT2D eigenvalue weighted by Crippen LogP contribution is 2.33. The molecular weight excluding hydrogens is 272 g/mol. The SMILES string of the molecule is COCCOCCOCCC1CCCC1Br. The lowest BCUT2D eigenvalue weighted by Gasteiger charge is -2.13. The lowest BCUT2D eigenvalue weighted by atomic mass is 10.1. The Labute approximate surface area is 107 Å². The van der Waals surface area contributed by atoms with Crippen molar-refractivity contribution in [3.8, 4) is 0 Å². The zero-order chi connectivity index (χ0) is 11.6. The van der Waals surface area contributed by atoms with Crippen LogP contribution in [0, 0.1) is 5.92 Å². The fourth-order valence-corrected chi connectivity index (χ4v) is 2.87. The number of rotatable bonds is 9. The zero-order valence-corrected chi connectivity index (χ0v) is 11.7. The molecule has 3 nitrogen and oxygen atoms in total. The highest BCUT2D eigenvalue weighted by Gasteiger charge is 2.24. The van der Waals surface area contributed by atoms with Gasteiger partial charge >= 0.3 is 0 Å². The lowest BCUT2D eigenvalue weighted by molar-refractivity contribution is 0.0221. The van der Waals surface area contributed by atoms with Gasteiger partial charge < -0.3 is 14.2 Å². The Bertz CT molecular complexity index is 166. The number of methoxy groups -OCH3 is 1. The molecule has 0 bridgehead atoms. The second-order valence-electron chi connectivity index (χ2n) is 4.21. The summed E-state index contributed by atoms with van der Waals surface area (Å²) in [4.78, 5) is 0.717. The fourth-order valence-electron chi connectivity index (χ4n) is 2.02. The van der Waals surface area contributed by atoms with E-state index in [-0.39, 0.29) is 0 Å². The maximum Gasteiger partial charge on any atom is 0.0701 e. The molecule has 1 rings (SSSR count). The molecule has 16 heavy (non-hydrogen) atoms. The molecule has 0 heterocycles. The Morgan fingerprint density at radius 2 is 1.69 bits per heavy atom. The first-order valence-electron chi connectivity index (χ1n) is 6.13. The topological polar surface area (TPSA) is 27.7 Å². The smallest absolute Gasteiger partial charge is 0.0701 e. The van der Waals surface area contributed by atoms with E-state index in [4.69, 9.17) is 14.2 Å². The van der Waals surface area contributed by atoms with Crippen LogP contribution in [0.1, 0.15) is 25.7 Å². The van der Waals surface area contributed by atoms with E-state index in [1.807, 2.05) is 0 Å². The molecule has 0 saturated heterocycles. The van der Waals surface area contributed by atoms with Crippen LogP contribution < -0.4 is 0 Å². The zero-order valence-electron chi connectivity index (χ0n) is 10.1. The summed E-state index contributed by atoms with van der Waals surface area (Å²) in [5.74, 6) is 0.814. The number of halogens is 1. The summed E-state index contributed by atoms with van der Waals surface area (Å²) >= 11 is 3.72. The summed E-state index contributed by atoms with van der Waals surface area (Å²) in [6.07, 6.45) is 5.21. The van der Waals surface area contributed by atoms with Gasteiger partial charge in [0, 0.05) is 18.5 Å². The van der Waals surface area contributed by atoms with Crippen molar-refractivity contribution in [1.82, 2.24) is 0 Å². The molecule has 0 aromatic carbocycles.